The van der Waals surface area contributed by atoms with E-state index in [1.54, 1.807) is 0 Å². The molecule has 7 nitrogen and oxygen atoms in total. The standard InChI is InChI=1S/C20H30N4O3.2ClH/c1-15(22-19(26)20(21)7-11-27-12-8-20)13-18(25)23-16-5-4-6-17(14-16)24-9-2-3-10-24;;/h4-6,14-15H,2-3,7-13,21H2,1H3,(H,22,26)(H,23,25);2*1H. The van der Waals surface area contributed by atoms with Crippen LogP contribution in [0.4, 0.5) is 11.4 Å². The van der Waals surface area contributed by atoms with Gasteiger partial charge in [-0.05, 0) is 50.8 Å². The van der Waals surface area contributed by atoms with Crippen molar-refractivity contribution in [3.8, 4) is 0 Å². The van der Waals surface area contributed by atoms with Crippen LogP contribution in [0.15, 0.2) is 24.3 Å². The van der Waals surface area contributed by atoms with Gasteiger partial charge >= 0.3 is 0 Å². The number of amides is 2. The van der Waals surface area contributed by atoms with Crippen LogP contribution >= 0.6 is 24.8 Å². The van der Waals surface area contributed by atoms with E-state index in [4.69, 9.17) is 10.5 Å². The van der Waals surface area contributed by atoms with E-state index in [-0.39, 0.29) is 49.1 Å². The number of carbonyl (C=O) groups is 2. The molecule has 4 N–H and O–H groups in total. The van der Waals surface area contributed by atoms with Crippen molar-refractivity contribution >= 4 is 48.0 Å². The van der Waals surface area contributed by atoms with E-state index in [9.17, 15) is 9.59 Å². The molecule has 0 saturated carbocycles. The zero-order valence-electron chi connectivity index (χ0n) is 16.8. The SMILES string of the molecule is CC(CC(=O)Nc1cccc(N2CCCC2)c1)NC(=O)C1(N)CCOCC1.Cl.Cl. The predicted molar refractivity (Wildman–Crippen MR) is 120 cm³/mol. The maximum atomic E-state index is 12.4. The number of hydrogen-bond acceptors (Lipinski definition) is 5. The van der Waals surface area contributed by atoms with Gasteiger partial charge in [-0.2, -0.15) is 0 Å². The van der Waals surface area contributed by atoms with Crippen LogP contribution in [0.3, 0.4) is 0 Å². The average molecular weight is 447 g/mol. The monoisotopic (exact) mass is 446 g/mol. The zero-order chi connectivity index (χ0) is 19.3. The lowest BCUT2D eigenvalue weighted by atomic mass is 9.90. The number of carbonyl (C=O) groups excluding carboxylic acids is 2. The van der Waals surface area contributed by atoms with Crippen LogP contribution in [0.5, 0.6) is 0 Å². The summed E-state index contributed by atoms with van der Waals surface area (Å²) in [5.74, 6) is -0.332. The lowest BCUT2D eigenvalue weighted by Crippen LogP contribution is -2.58. The second kappa shape index (κ2) is 11.6. The van der Waals surface area contributed by atoms with Gasteiger partial charge in [-0.25, -0.2) is 0 Å². The number of rotatable bonds is 6. The van der Waals surface area contributed by atoms with E-state index in [1.807, 2.05) is 25.1 Å². The maximum Gasteiger partial charge on any atom is 0.240 e. The smallest absolute Gasteiger partial charge is 0.240 e. The zero-order valence-corrected chi connectivity index (χ0v) is 18.4. The molecule has 3 rings (SSSR count). The first-order valence-corrected chi connectivity index (χ1v) is 9.79. The Kier molecular flexibility index (Phi) is 10.2. The van der Waals surface area contributed by atoms with E-state index in [0.717, 1.165) is 24.5 Å². The molecule has 0 aliphatic carbocycles. The van der Waals surface area contributed by atoms with Gasteiger partial charge in [0.05, 0.1) is 5.54 Å². The van der Waals surface area contributed by atoms with Crippen molar-refractivity contribution in [3.05, 3.63) is 24.3 Å². The predicted octanol–water partition coefficient (Wildman–Crippen LogP) is 2.47. The first-order valence-electron chi connectivity index (χ1n) is 9.79. The third-order valence-corrected chi connectivity index (χ3v) is 5.31. The van der Waals surface area contributed by atoms with Crippen LogP contribution in [0.1, 0.15) is 39.0 Å². The molecule has 1 atom stereocenters. The molecule has 2 aliphatic heterocycles. The lowest BCUT2D eigenvalue weighted by Gasteiger charge is -2.32. The van der Waals surface area contributed by atoms with Gasteiger partial charge in [-0.1, -0.05) is 6.07 Å². The molecule has 1 unspecified atom stereocenters. The Labute approximate surface area is 184 Å². The number of nitrogens with one attached hydrogen (secondary N) is 2. The van der Waals surface area contributed by atoms with Gasteiger partial charge in [0.1, 0.15) is 0 Å². The van der Waals surface area contributed by atoms with Crippen LogP contribution in [0, 0.1) is 0 Å². The summed E-state index contributed by atoms with van der Waals surface area (Å²) in [6, 6.07) is 7.62. The average Bonchev–Trinajstić information content (AvgIpc) is 3.17. The van der Waals surface area contributed by atoms with Crippen LogP contribution in [-0.2, 0) is 14.3 Å². The van der Waals surface area contributed by atoms with Gasteiger partial charge in [0.25, 0.3) is 0 Å². The van der Waals surface area contributed by atoms with E-state index in [0.29, 0.717) is 26.1 Å². The Morgan fingerprint density at radius 2 is 1.86 bits per heavy atom. The molecule has 2 aliphatic rings. The first kappa shape index (κ1) is 25.5. The summed E-state index contributed by atoms with van der Waals surface area (Å²) in [4.78, 5) is 27.1. The van der Waals surface area contributed by atoms with Crippen molar-refractivity contribution in [1.82, 2.24) is 5.32 Å². The number of benzene rings is 1. The van der Waals surface area contributed by atoms with Gasteiger partial charge < -0.3 is 26.0 Å². The minimum Gasteiger partial charge on any atom is -0.381 e. The van der Waals surface area contributed by atoms with Crippen LogP contribution in [-0.4, -0.2) is 49.7 Å². The second-order valence-electron chi connectivity index (χ2n) is 7.64. The van der Waals surface area contributed by atoms with Crippen molar-refractivity contribution in [2.45, 2.75) is 50.6 Å². The molecule has 0 spiro atoms. The number of hydrogen-bond donors (Lipinski definition) is 3. The molecule has 164 valence electrons. The molecule has 2 fully saturated rings. The van der Waals surface area contributed by atoms with E-state index < -0.39 is 5.54 Å². The Morgan fingerprint density at radius 3 is 2.52 bits per heavy atom. The van der Waals surface area contributed by atoms with Crippen molar-refractivity contribution in [2.75, 3.05) is 36.5 Å². The number of anilines is 2. The van der Waals surface area contributed by atoms with Crippen LogP contribution in [0.25, 0.3) is 0 Å². The molecule has 0 aromatic heterocycles. The fraction of sp³-hybridized carbons (Fsp3) is 0.600. The number of nitrogens with zero attached hydrogens (tertiary/aromatic N) is 1. The minimum atomic E-state index is -0.896. The quantitative estimate of drug-likeness (QED) is 0.623. The molecule has 29 heavy (non-hydrogen) atoms. The summed E-state index contributed by atoms with van der Waals surface area (Å²) in [5.41, 5.74) is 7.20. The highest BCUT2D eigenvalue weighted by Crippen LogP contribution is 2.23. The Bertz CT molecular complexity index is 677. The van der Waals surface area contributed by atoms with E-state index in [1.165, 1.54) is 12.8 Å². The van der Waals surface area contributed by atoms with Crippen molar-refractivity contribution in [3.63, 3.8) is 0 Å². The third-order valence-electron chi connectivity index (χ3n) is 5.31. The summed E-state index contributed by atoms with van der Waals surface area (Å²) < 4.78 is 5.27. The highest BCUT2D eigenvalue weighted by molar-refractivity contribution is 5.92. The fourth-order valence-corrected chi connectivity index (χ4v) is 3.63. The third kappa shape index (κ3) is 7.03. The van der Waals surface area contributed by atoms with E-state index >= 15 is 0 Å². The molecule has 0 bridgehead atoms. The van der Waals surface area contributed by atoms with Crippen LogP contribution in [0.2, 0.25) is 0 Å². The molecule has 1 aromatic rings. The number of halogens is 2. The van der Waals surface area contributed by atoms with Gasteiger partial charge in [-0.15, -0.1) is 24.8 Å². The number of nitrogens with two attached hydrogens (primary N) is 1. The molecule has 1 aromatic carbocycles. The second-order valence-corrected chi connectivity index (χ2v) is 7.64. The summed E-state index contributed by atoms with van der Waals surface area (Å²) in [5, 5.41) is 5.81. The molecule has 2 saturated heterocycles. The Hall–Kier alpha value is -1.54. The molecule has 9 heteroatoms. The largest absolute Gasteiger partial charge is 0.381 e. The normalized spacial score (nSPS) is 18.8. The van der Waals surface area contributed by atoms with Crippen molar-refractivity contribution in [1.29, 1.82) is 0 Å². The Balaban J connectivity index is 0.00000210. The molecular formula is C20H32Cl2N4O3. The van der Waals surface area contributed by atoms with Gasteiger partial charge in [0, 0.05) is 50.1 Å². The van der Waals surface area contributed by atoms with Crippen molar-refractivity contribution < 1.29 is 14.3 Å². The molecule has 2 amide bonds. The van der Waals surface area contributed by atoms with E-state index in [2.05, 4.69) is 21.6 Å². The molecule has 0 radical (unpaired) electrons. The summed E-state index contributed by atoms with van der Waals surface area (Å²) in [6.07, 6.45) is 3.62. The first-order chi connectivity index (χ1) is 13.0. The van der Waals surface area contributed by atoms with Gasteiger partial charge in [-0.3, -0.25) is 9.59 Å². The summed E-state index contributed by atoms with van der Waals surface area (Å²) >= 11 is 0. The van der Waals surface area contributed by atoms with Crippen LogP contribution < -0.4 is 21.3 Å². The topological polar surface area (TPSA) is 96.7 Å². The highest BCUT2D eigenvalue weighted by Gasteiger charge is 2.36. The fourth-order valence-electron chi connectivity index (χ4n) is 3.63. The summed E-state index contributed by atoms with van der Waals surface area (Å²) in [7, 11) is 0. The Morgan fingerprint density at radius 1 is 1.21 bits per heavy atom. The minimum absolute atomic E-state index is 0. The van der Waals surface area contributed by atoms with Gasteiger partial charge in [0.15, 0.2) is 0 Å². The number of ether oxygens (including phenoxy) is 1. The van der Waals surface area contributed by atoms with Gasteiger partial charge in [0.2, 0.25) is 11.8 Å². The van der Waals surface area contributed by atoms with Crippen molar-refractivity contribution in [2.24, 2.45) is 5.73 Å². The molecule has 2 heterocycles. The maximum absolute atomic E-state index is 12.4. The lowest BCUT2D eigenvalue weighted by molar-refractivity contribution is -0.130. The summed E-state index contributed by atoms with van der Waals surface area (Å²) in [6.45, 7) is 4.93. The molecular weight excluding hydrogens is 415 g/mol. The highest BCUT2D eigenvalue weighted by atomic mass is 35.5.